The van der Waals surface area contributed by atoms with Gasteiger partial charge in [0.15, 0.2) is 5.82 Å². The second kappa shape index (κ2) is 8.31. The Morgan fingerprint density at radius 1 is 1.07 bits per heavy atom. The monoisotopic (exact) mass is 410 g/mol. The van der Waals surface area contributed by atoms with Crippen LogP contribution in [0.1, 0.15) is 47.6 Å². The number of piperidine rings is 1. The molecule has 158 valence electrons. The van der Waals surface area contributed by atoms with Crippen LogP contribution in [0, 0.1) is 27.7 Å². The van der Waals surface area contributed by atoms with Crippen molar-refractivity contribution in [3.63, 3.8) is 0 Å². The molecule has 1 aliphatic heterocycles. The molecule has 3 aromatic rings. The Kier molecular flexibility index (Phi) is 5.58. The Bertz CT molecular complexity index is 1030. The highest BCUT2D eigenvalue weighted by molar-refractivity contribution is 5.91. The lowest BCUT2D eigenvalue weighted by Crippen LogP contribution is -2.39. The number of carbonyl (C=O) groups excluding carboxylic acids is 1. The quantitative estimate of drug-likeness (QED) is 0.680. The molecule has 30 heavy (non-hydrogen) atoms. The summed E-state index contributed by atoms with van der Waals surface area (Å²) in [6.07, 6.45) is 1.78. The number of nitrogens with one attached hydrogen (secondary N) is 1. The van der Waals surface area contributed by atoms with Crippen LogP contribution in [0.5, 0.6) is 0 Å². The van der Waals surface area contributed by atoms with E-state index in [1.807, 2.05) is 39.8 Å². The van der Waals surface area contributed by atoms with E-state index < -0.39 is 0 Å². The number of hydrogen-bond donors (Lipinski definition) is 1. The van der Waals surface area contributed by atoms with Crippen LogP contribution in [-0.4, -0.2) is 60.3 Å². The number of hydrogen-bond acceptors (Lipinski definition) is 8. The van der Waals surface area contributed by atoms with E-state index in [1.165, 1.54) is 0 Å². The molecule has 0 radical (unpaired) electrons. The maximum atomic E-state index is 12.7. The largest absolute Gasteiger partial charge is 0.339 e. The fraction of sp³-hybridized carbons (Fsp3) is 0.500. The summed E-state index contributed by atoms with van der Waals surface area (Å²) in [5, 5.41) is 11.3. The first-order chi connectivity index (χ1) is 14.4. The molecule has 4 heterocycles. The van der Waals surface area contributed by atoms with Gasteiger partial charge in [0, 0.05) is 23.4 Å². The summed E-state index contributed by atoms with van der Waals surface area (Å²) in [7, 11) is 0. The summed E-state index contributed by atoms with van der Waals surface area (Å²) < 4.78 is 6.87. The van der Waals surface area contributed by atoms with Gasteiger partial charge in [0.25, 0.3) is 5.95 Å². The number of anilines is 1. The lowest BCUT2D eigenvalue weighted by atomic mass is 9.97. The topological polar surface area (TPSA) is 115 Å². The van der Waals surface area contributed by atoms with Gasteiger partial charge in [0.1, 0.15) is 5.82 Å². The van der Waals surface area contributed by atoms with Gasteiger partial charge in [-0.15, -0.1) is 0 Å². The zero-order valence-electron chi connectivity index (χ0n) is 17.7. The third-order valence-electron chi connectivity index (χ3n) is 5.11. The van der Waals surface area contributed by atoms with E-state index in [4.69, 9.17) is 4.52 Å². The molecule has 3 aromatic heterocycles. The number of rotatable bonds is 5. The zero-order chi connectivity index (χ0) is 21.3. The smallest absolute Gasteiger partial charge is 0.252 e. The Morgan fingerprint density at radius 2 is 1.77 bits per heavy atom. The molecule has 1 amide bonds. The molecule has 1 fully saturated rings. The third-order valence-corrected chi connectivity index (χ3v) is 5.11. The highest BCUT2D eigenvalue weighted by Gasteiger charge is 2.26. The van der Waals surface area contributed by atoms with Gasteiger partial charge >= 0.3 is 0 Å². The lowest BCUT2D eigenvalue weighted by Gasteiger charge is -2.29. The van der Waals surface area contributed by atoms with Crippen molar-refractivity contribution >= 4 is 11.7 Å². The van der Waals surface area contributed by atoms with E-state index in [1.54, 1.807) is 4.68 Å². The van der Waals surface area contributed by atoms with E-state index in [0.29, 0.717) is 30.0 Å². The van der Waals surface area contributed by atoms with Gasteiger partial charge in [-0.1, -0.05) is 5.16 Å². The first kappa shape index (κ1) is 20.1. The van der Waals surface area contributed by atoms with Crippen LogP contribution in [0.4, 0.5) is 5.82 Å². The normalized spacial score (nSPS) is 15.5. The summed E-state index contributed by atoms with van der Waals surface area (Å²) in [4.78, 5) is 28.0. The predicted molar refractivity (Wildman–Crippen MR) is 109 cm³/mol. The van der Waals surface area contributed by atoms with Crippen LogP contribution >= 0.6 is 0 Å². The molecular formula is C20H26N8O2. The molecule has 0 aliphatic carbocycles. The minimum atomic E-state index is -0.0902. The molecule has 0 saturated carbocycles. The molecule has 0 spiro atoms. The van der Waals surface area contributed by atoms with Crippen LogP contribution in [0.15, 0.2) is 16.7 Å². The average molecular weight is 410 g/mol. The molecule has 0 aromatic carbocycles. The third kappa shape index (κ3) is 4.54. The highest BCUT2D eigenvalue weighted by Crippen LogP contribution is 2.26. The molecule has 1 aliphatic rings. The van der Waals surface area contributed by atoms with Crippen molar-refractivity contribution in [2.45, 2.75) is 46.5 Å². The Hall–Kier alpha value is -3.14. The number of nitrogens with zero attached hydrogens (tertiary/aromatic N) is 7. The van der Waals surface area contributed by atoms with Gasteiger partial charge in [-0.3, -0.25) is 9.69 Å². The van der Waals surface area contributed by atoms with Crippen molar-refractivity contribution in [2.24, 2.45) is 0 Å². The number of likely N-dealkylation sites (tertiary alicyclic amines) is 1. The second-order valence-corrected chi connectivity index (χ2v) is 7.81. The Morgan fingerprint density at radius 3 is 2.40 bits per heavy atom. The first-order valence-corrected chi connectivity index (χ1v) is 10.1. The zero-order valence-corrected chi connectivity index (χ0v) is 17.7. The molecule has 0 atom stereocenters. The maximum absolute atomic E-state index is 12.7. The van der Waals surface area contributed by atoms with Crippen LogP contribution in [0.25, 0.3) is 5.95 Å². The molecule has 10 nitrogen and oxygen atoms in total. The average Bonchev–Trinajstić information content (AvgIpc) is 3.27. The summed E-state index contributed by atoms with van der Waals surface area (Å²) in [5.41, 5.74) is 2.48. The van der Waals surface area contributed by atoms with Crippen molar-refractivity contribution in [3.05, 3.63) is 40.9 Å². The minimum Gasteiger partial charge on any atom is -0.339 e. The number of amides is 1. The molecule has 0 unspecified atom stereocenters. The van der Waals surface area contributed by atoms with Crippen LogP contribution < -0.4 is 5.32 Å². The van der Waals surface area contributed by atoms with Gasteiger partial charge in [0.2, 0.25) is 11.8 Å². The van der Waals surface area contributed by atoms with Crippen LogP contribution in [0.3, 0.4) is 0 Å². The Labute approximate surface area is 174 Å². The van der Waals surface area contributed by atoms with Gasteiger partial charge in [0.05, 0.1) is 12.2 Å². The molecular weight excluding hydrogens is 384 g/mol. The van der Waals surface area contributed by atoms with Gasteiger partial charge in [-0.2, -0.15) is 14.8 Å². The van der Waals surface area contributed by atoms with Crippen molar-refractivity contribution in [2.75, 3.05) is 25.0 Å². The first-order valence-electron chi connectivity index (χ1n) is 10.1. The summed E-state index contributed by atoms with van der Waals surface area (Å²) in [6, 6.07) is 3.72. The molecule has 10 heteroatoms. The van der Waals surface area contributed by atoms with Crippen molar-refractivity contribution in [3.8, 4) is 5.95 Å². The van der Waals surface area contributed by atoms with Crippen molar-refractivity contribution in [1.82, 2.24) is 34.8 Å². The SMILES string of the molecule is Cc1cc(C)nc(-n2nc(C)cc2NC(=O)CN2CCC(c3nc(C)no3)CC2)n1. The van der Waals surface area contributed by atoms with E-state index in [9.17, 15) is 4.79 Å². The fourth-order valence-corrected chi connectivity index (χ4v) is 3.75. The molecule has 0 bridgehead atoms. The maximum Gasteiger partial charge on any atom is 0.252 e. The van der Waals surface area contributed by atoms with Crippen LogP contribution in [0.2, 0.25) is 0 Å². The lowest BCUT2D eigenvalue weighted by molar-refractivity contribution is -0.117. The second-order valence-electron chi connectivity index (χ2n) is 7.81. The number of aryl methyl sites for hydroxylation is 4. The standard InChI is InChI=1S/C20H26N8O2/c1-12-9-13(2)22-20(21-12)28-17(10-14(3)25-28)24-18(29)11-27-7-5-16(6-8-27)19-23-15(4)26-30-19/h9-10,16H,5-8,11H2,1-4H3,(H,24,29). The number of carbonyl (C=O) groups is 1. The van der Waals surface area contributed by atoms with Crippen molar-refractivity contribution < 1.29 is 9.32 Å². The van der Waals surface area contributed by atoms with Crippen molar-refractivity contribution in [1.29, 1.82) is 0 Å². The molecule has 1 saturated heterocycles. The summed E-state index contributed by atoms with van der Waals surface area (Å²) in [6.45, 7) is 9.43. The van der Waals surface area contributed by atoms with Gasteiger partial charge in [-0.25, -0.2) is 9.97 Å². The number of aromatic nitrogens is 6. The minimum absolute atomic E-state index is 0.0902. The van der Waals surface area contributed by atoms with E-state index in [0.717, 1.165) is 43.0 Å². The fourth-order valence-electron chi connectivity index (χ4n) is 3.75. The summed E-state index contributed by atoms with van der Waals surface area (Å²) in [5.74, 6) is 2.55. The van der Waals surface area contributed by atoms with E-state index >= 15 is 0 Å². The molecule has 1 N–H and O–H groups in total. The van der Waals surface area contributed by atoms with E-state index in [2.05, 4.69) is 35.4 Å². The molecule has 4 rings (SSSR count). The van der Waals surface area contributed by atoms with Gasteiger partial charge in [-0.05, 0) is 59.7 Å². The predicted octanol–water partition coefficient (Wildman–Crippen LogP) is 2.10. The highest BCUT2D eigenvalue weighted by atomic mass is 16.5. The van der Waals surface area contributed by atoms with E-state index in [-0.39, 0.29) is 11.8 Å². The Balaban J connectivity index is 1.38. The summed E-state index contributed by atoms with van der Waals surface area (Å²) >= 11 is 0. The van der Waals surface area contributed by atoms with Crippen LogP contribution in [-0.2, 0) is 4.79 Å². The van der Waals surface area contributed by atoms with Gasteiger partial charge < -0.3 is 9.84 Å².